The number of aliphatic hydroxyl groups is 1. The van der Waals surface area contributed by atoms with E-state index in [9.17, 15) is 4.79 Å². The molecule has 2 amide bonds. The van der Waals surface area contributed by atoms with Crippen LogP contribution in [0.3, 0.4) is 0 Å². The molecule has 94 valence electrons. The van der Waals surface area contributed by atoms with Crippen molar-refractivity contribution in [2.24, 2.45) is 11.7 Å². The summed E-state index contributed by atoms with van der Waals surface area (Å²) in [7, 11) is 0. The van der Waals surface area contributed by atoms with E-state index in [1.807, 2.05) is 6.92 Å². The first kappa shape index (κ1) is 13.3. The number of rotatable bonds is 4. The highest BCUT2D eigenvalue weighted by Gasteiger charge is 2.23. The van der Waals surface area contributed by atoms with Gasteiger partial charge in [0.05, 0.1) is 0 Å². The first-order valence-corrected chi connectivity index (χ1v) is 5.96. The predicted molar refractivity (Wildman–Crippen MR) is 63.0 cm³/mol. The molecule has 0 spiro atoms. The van der Waals surface area contributed by atoms with Crippen molar-refractivity contribution in [3.8, 4) is 0 Å². The highest BCUT2D eigenvalue weighted by molar-refractivity contribution is 5.72. The third-order valence-electron chi connectivity index (χ3n) is 3.45. The van der Waals surface area contributed by atoms with Gasteiger partial charge in [0.1, 0.15) is 0 Å². The molecular weight excluding hydrogens is 206 g/mol. The van der Waals surface area contributed by atoms with Gasteiger partial charge in [0, 0.05) is 31.8 Å². The maximum absolute atomic E-state index is 10.9. The van der Waals surface area contributed by atoms with Crippen LogP contribution in [0.5, 0.6) is 0 Å². The van der Waals surface area contributed by atoms with Gasteiger partial charge in [-0.25, -0.2) is 4.79 Å². The molecule has 0 aromatic heterocycles. The second kappa shape index (κ2) is 6.06. The molecule has 5 nitrogen and oxygen atoms in total. The molecule has 1 saturated heterocycles. The number of hydrogen-bond donors (Lipinski definition) is 3. The Morgan fingerprint density at radius 1 is 1.50 bits per heavy atom. The van der Waals surface area contributed by atoms with Crippen LogP contribution in [-0.4, -0.2) is 47.8 Å². The quantitative estimate of drug-likeness (QED) is 0.641. The zero-order valence-electron chi connectivity index (χ0n) is 10.1. The molecular formula is C11H23N3O2. The smallest absolute Gasteiger partial charge is 0.314 e. The molecule has 5 heteroatoms. The van der Waals surface area contributed by atoms with Crippen molar-refractivity contribution in [2.45, 2.75) is 38.8 Å². The van der Waals surface area contributed by atoms with Crippen LogP contribution in [0, 0.1) is 5.92 Å². The van der Waals surface area contributed by atoms with Gasteiger partial charge >= 0.3 is 6.03 Å². The van der Waals surface area contributed by atoms with Gasteiger partial charge in [-0.1, -0.05) is 6.92 Å². The summed E-state index contributed by atoms with van der Waals surface area (Å²) in [4.78, 5) is 12.6. The van der Waals surface area contributed by atoms with Crippen LogP contribution in [0.1, 0.15) is 26.7 Å². The molecule has 0 aromatic rings. The zero-order valence-corrected chi connectivity index (χ0v) is 10.1. The van der Waals surface area contributed by atoms with Gasteiger partial charge in [-0.15, -0.1) is 0 Å². The monoisotopic (exact) mass is 229 g/mol. The predicted octanol–water partition coefficient (Wildman–Crippen LogP) is 0.136. The van der Waals surface area contributed by atoms with Crippen molar-refractivity contribution in [3.63, 3.8) is 0 Å². The van der Waals surface area contributed by atoms with Crippen molar-refractivity contribution in [1.82, 2.24) is 10.2 Å². The topological polar surface area (TPSA) is 78.6 Å². The van der Waals surface area contributed by atoms with E-state index in [4.69, 9.17) is 10.8 Å². The number of likely N-dealkylation sites (tertiary alicyclic amines) is 1. The summed E-state index contributed by atoms with van der Waals surface area (Å²) < 4.78 is 0. The first-order chi connectivity index (χ1) is 7.54. The van der Waals surface area contributed by atoms with E-state index in [0.717, 1.165) is 25.9 Å². The summed E-state index contributed by atoms with van der Waals surface area (Å²) in [5, 5.41) is 12.5. The molecule has 0 radical (unpaired) electrons. The average Bonchev–Trinajstić information content (AvgIpc) is 2.28. The van der Waals surface area contributed by atoms with E-state index in [2.05, 4.69) is 12.2 Å². The Kier molecular flexibility index (Phi) is 5.02. The van der Waals surface area contributed by atoms with Gasteiger partial charge in [-0.05, 0) is 25.7 Å². The Morgan fingerprint density at radius 3 is 2.50 bits per heavy atom. The van der Waals surface area contributed by atoms with Gasteiger partial charge in [-0.2, -0.15) is 0 Å². The lowest BCUT2D eigenvalue weighted by molar-refractivity contribution is 0.168. The van der Waals surface area contributed by atoms with Gasteiger partial charge in [0.15, 0.2) is 0 Å². The van der Waals surface area contributed by atoms with Gasteiger partial charge in [0.25, 0.3) is 0 Å². The summed E-state index contributed by atoms with van der Waals surface area (Å²) in [5.41, 5.74) is 5.22. The first-order valence-electron chi connectivity index (χ1n) is 5.96. The third-order valence-corrected chi connectivity index (χ3v) is 3.45. The molecule has 1 heterocycles. The second-order valence-electron chi connectivity index (χ2n) is 4.71. The summed E-state index contributed by atoms with van der Waals surface area (Å²) in [5.74, 6) is 0.258. The van der Waals surface area contributed by atoms with Crippen LogP contribution in [-0.2, 0) is 0 Å². The number of aliphatic hydroxyl groups excluding tert-OH is 1. The Bertz CT molecular complexity index is 227. The van der Waals surface area contributed by atoms with E-state index in [1.165, 1.54) is 0 Å². The van der Waals surface area contributed by atoms with Crippen LogP contribution in [0.25, 0.3) is 0 Å². The van der Waals surface area contributed by atoms with E-state index < -0.39 is 0 Å². The van der Waals surface area contributed by atoms with Crippen LogP contribution in [0.15, 0.2) is 0 Å². The molecule has 16 heavy (non-hydrogen) atoms. The zero-order chi connectivity index (χ0) is 12.1. The number of carbonyl (C=O) groups is 1. The summed E-state index contributed by atoms with van der Waals surface area (Å²) in [6.45, 7) is 5.77. The highest BCUT2D eigenvalue weighted by atomic mass is 16.3. The standard InChI is InChI=1S/C11H23N3O2/c1-8(7-15)9(2)13-10-3-5-14(6-4-10)11(12)16/h8-10,13,15H,3-7H2,1-2H3,(H2,12,16). The molecule has 0 aliphatic carbocycles. The minimum absolute atomic E-state index is 0.203. The van der Waals surface area contributed by atoms with Crippen LogP contribution in [0.2, 0.25) is 0 Å². The van der Waals surface area contributed by atoms with Crippen molar-refractivity contribution < 1.29 is 9.90 Å². The van der Waals surface area contributed by atoms with Crippen molar-refractivity contribution in [3.05, 3.63) is 0 Å². The molecule has 0 aromatic carbocycles. The van der Waals surface area contributed by atoms with Gasteiger partial charge in [0.2, 0.25) is 0 Å². The SMILES string of the molecule is CC(CO)C(C)NC1CCN(C(N)=O)CC1. The lowest BCUT2D eigenvalue weighted by atomic mass is 10.00. The number of urea groups is 1. The van der Waals surface area contributed by atoms with Crippen molar-refractivity contribution >= 4 is 6.03 Å². The normalized spacial score (nSPS) is 21.8. The number of hydrogen-bond acceptors (Lipinski definition) is 3. The van der Waals surface area contributed by atoms with Gasteiger partial charge in [-0.3, -0.25) is 0 Å². The Morgan fingerprint density at radius 2 is 2.06 bits per heavy atom. The van der Waals surface area contributed by atoms with Crippen molar-refractivity contribution in [1.29, 1.82) is 0 Å². The minimum Gasteiger partial charge on any atom is -0.396 e. The van der Waals surface area contributed by atoms with E-state index in [0.29, 0.717) is 12.1 Å². The Balaban J connectivity index is 2.29. The average molecular weight is 229 g/mol. The molecule has 0 bridgehead atoms. The number of primary amides is 1. The molecule has 2 unspecified atom stereocenters. The molecule has 1 aliphatic heterocycles. The molecule has 1 rings (SSSR count). The fraction of sp³-hybridized carbons (Fsp3) is 0.909. The fourth-order valence-electron chi connectivity index (χ4n) is 1.96. The number of nitrogens with zero attached hydrogens (tertiary/aromatic N) is 1. The largest absolute Gasteiger partial charge is 0.396 e. The number of carbonyl (C=O) groups excluding carboxylic acids is 1. The molecule has 0 saturated carbocycles. The van der Waals surface area contributed by atoms with E-state index in [-0.39, 0.29) is 18.6 Å². The molecule has 1 aliphatic rings. The lowest BCUT2D eigenvalue weighted by Crippen LogP contribution is -2.49. The molecule has 4 N–H and O–H groups in total. The second-order valence-corrected chi connectivity index (χ2v) is 4.71. The fourth-order valence-corrected chi connectivity index (χ4v) is 1.96. The van der Waals surface area contributed by atoms with Crippen LogP contribution < -0.4 is 11.1 Å². The molecule has 1 fully saturated rings. The summed E-state index contributed by atoms with van der Waals surface area (Å²) >= 11 is 0. The van der Waals surface area contributed by atoms with Gasteiger partial charge < -0.3 is 21.1 Å². The van der Waals surface area contributed by atoms with Crippen LogP contribution >= 0.6 is 0 Å². The Labute approximate surface area is 97.0 Å². The minimum atomic E-state index is -0.324. The highest BCUT2D eigenvalue weighted by Crippen LogP contribution is 2.12. The number of piperidine rings is 1. The number of amides is 2. The third kappa shape index (κ3) is 3.64. The lowest BCUT2D eigenvalue weighted by Gasteiger charge is -2.34. The summed E-state index contributed by atoms with van der Waals surface area (Å²) in [6.07, 6.45) is 1.87. The van der Waals surface area contributed by atoms with Crippen molar-refractivity contribution in [2.75, 3.05) is 19.7 Å². The van der Waals surface area contributed by atoms with E-state index >= 15 is 0 Å². The number of nitrogens with two attached hydrogens (primary N) is 1. The Hall–Kier alpha value is -0.810. The van der Waals surface area contributed by atoms with E-state index in [1.54, 1.807) is 4.90 Å². The summed E-state index contributed by atoms with van der Waals surface area (Å²) in [6, 6.07) is 0.407. The van der Waals surface area contributed by atoms with Crippen LogP contribution in [0.4, 0.5) is 4.79 Å². The number of nitrogens with one attached hydrogen (secondary N) is 1. The maximum atomic E-state index is 10.9. The maximum Gasteiger partial charge on any atom is 0.314 e. The molecule has 2 atom stereocenters.